The van der Waals surface area contributed by atoms with Crippen molar-refractivity contribution in [3.63, 3.8) is 0 Å². The maximum absolute atomic E-state index is 12.5. The van der Waals surface area contributed by atoms with Crippen molar-refractivity contribution >= 4 is 40.0 Å². The van der Waals surface area contributed by atoms with Crippen molar-refractivity contribution in [1.82, 2.24) is 24.3 Å². The maximum Gasteiger partial charge on any atom is 0.216 e. The molecular formula is C21H33IN6O3S. The standard InChI is InChI=1S/C21H32N6O3S.HI/c1-18(2)30-15-16-31(28,29)26-13-11-25(12-14-26)21(22-3)23-17-19-5-7-20(8-6-19)27-10-4-9-24-27;/h4-10,18H,11-17H2,1-3H3,(H,22,23);1H. The molecule has 1 fully saturated rings. The molecule has 178 valence electrons. The second-order valence-corrected chi connectivity index (χ2v) is 9.73. The smallest absolute Gasteiger partial charge is 0.216 e. The Morgan fingerprint density at radius 1 is 1.19 bits per heavy atom. The van der Waals surface area contributed by atoms with Crippen molar-refractivity contribution in [2.45, 2.75) is 26.5 Å². The summed E-state index contributed by atoms with van der Waals surface area (Å²) < 4.78 is 33.8. The third-order valence-corrected chi connectivity index (χ3v) is 6.93. The Morgan fingerprint density at radius 2 is 1.88 bits per heavy atom. The van der Waals surface area contributed by atoms with E-state index in [4.69, 9.17) is 4.74 Å². The summed E-state index contributed by atoms with van der Waals surface area (Å²) in [4.78, 5) is 6.46. The molecule has 0 amide bonds. The molecule has 2 aromatic rings. The van der Waals surface area contributed by atoms with E-state index in [0.29, 0.717) is 32.7 Å². The van der Waals surface area contributed by atoms with Gasteiger partial charge in [-0.1, -0.05) is 12.1 Å². The average molecular weight is 577 g/mol. The molecule has 2 heterocycles. The second kappa shape index (κ2) is 12.5. The summed E-state index contributed by atoms with van der Waals surface area (Å²) in [7, 11) is -1.55. The number of hydrogen-bond acceptors (Lipinski definition) is 5. The molecule has 0 saturated carbocycles. The molecule has 0 unspecified atom stereocenters. The molecule has 1 aromatic carbocycles. The Morgan fingerprint density at radius 3 is 2.44 bits per heavy atom. The normalized spacial score (nSPS) is 15.6. The van der Waals surface area contributed by atoms with Crippen molar-refractivity contribution in [2.75, 3.05) is 45.6 Å². The first-order valence-corrected chi connectivity index (χ1v) is 12.1. The van der Waals surface area contributed by atoms with Gasteiger partial charge in [0.1, 0.15) is 0 Å². The van der Waals surface area contributed by atoms with E-state index >= 15 is 0 Å². The van der Waals surface area contributed by atoms with Crippen molar-refractivity contribution in [3.8, 4) is 5.69 Å². The maximum atomic E-state index is 12.5. The molecule has 32 heavy (non-hydrogen) atoms. The number of hydrogen-bond donors (Lipinski definition) is 1. The molecule has 1 aromatic heterocycles. The molecule has 0 radical (unpaired) electrons. The number of aromatic nitrogens is 2. The fourth-order valence-corrected chi connectivity index (χ4v) is 4.68. The van der Waals surface area contributed by atoms with Crippen LogP contribution in [0.1, 0.15) is 19.4 Å². The van der Waals surface area contributed by atoms with Gasteiger partial charge in [-0.3, -0.25) is 4.99 Å². The number of halogens is 1. The highest BCUT2D eigenvalue weighted by Crippen LogP contribution is 2.11. The van der Waals surface area contributed by atoms with Gasteiger partial charge in [0.2, 0.25) is 10.0 Å². The molecule has 11 heteroatoms. The Kier molecular flexibility index (Phi) is 10.4. The Balaban J connectivity index is 0.00000363. The number of rotatable bonds is 8. The number of sulfonamides is 1. The largest absolute Gasteiger partial charge is 0.378 e. The lowest BCUT2D eigenvalue weighted by Crippen LogP contribution is -2.54. The molecule has 0 bridgehead atoms. The van der Waals surface area contributed by atoms with E-state index < -0.39 is 10.0 Å². The van der Waals surface area contributed by atoms with Crippen LogP contribution in [0.2, 0.25) is 0 Å². The average Bonchev–Trinajstić information content (AvgIpc) is 3.29. The zero-order valence-corrected chi connectivity index (χ0v) is 22.0. The molecule has 1 N–H and O–H groups in total. The van der Waals surface area contributed by atoms with Gasteiger partial charge in [0.15, 0.2) is 5.96 Å². The van der Waals surface area contributed by atoms with Crippen molar-refractivity contribution < 1.29 is 13.2 Å². The first-order chi connectivity index (χ1) is 14.9. The SMILES string of the molecule is CN=C(NCc1ccc(-n2cccn2)cc1)N1CCN(S(=O)(=O)CCOC(C)C)CC1.I. The molecule has 1 aliphatic heterocycles. The zero-order valence-electron chi connectivity index (χ0n) is 18.8. The van der Waals surface area contributed by atoms with E-state index in [9.17, 15) is 8.42 Å². The first-order valence-electron chi connectivity index (χ1n) is 10.5. The zero-order chi connectivity index (χ0) is 22.3. The third kappa shape index (κ3) is 7.42. The van der Waals surface area contributed by atoms with Crippen molar-refractivity contribution in [1.29, 1.82) is 0 Å². The van der Waals surface area contributed by atoms with Gasteiger partial charge in [0, 0.05) is 52.2 Å². The molecule has 1 aliphatic rings. The molecule has 0 aliphatic carbocycles. The summed E-state index contributed by atoms with van der Waals surface area (Å²) in [6, 6.07) is 10.1. The fraction of sp³-hybridized carbons (Fsp3) is 0.524. The third-order valence-electron chi connectivity index (χ3n) is 5.09. The van der Waals surface area contributed by atoms with Gasteiger partial charge in [0.25, 0.3) is 0 Å². The topological polar surface area (TPSA) is 92.1 Å². The number of aliphatic imine (C=N–C) groups is 1. The van der Waals surface area contributed by atoms with Gasteiger partial charge in [-0.2, -0.15) is 9.40 Å². The van der Waals surface area contributed by atoms with E-state index in [2.05, 4.69) is 32.4 Å². The predicted molar refractivity (Wildman–Crippen MR) is 137 cm³/mol. The van der Waals surface area contributed by atoms with Crippen LogP contribution in [0.4, 0.5) is 0 Å². The van der Waals surface area contributed by atoms with Gasteiger partial charge in [-0.25, -0.2) is 13.1 Å². The van der Waals surface area contributed by atoms with E-state index in [1.54, 1.807) is 17.5 Å². The lowest BCUT2D eigenvalue weighted by atomic mass is 10.2. The van der Waals surface area contributed by atoms with E-state index in [1.807, 2.05) is 42.9 Å². The summed E-state index contributed by atoms with van der Waals surface area (Å²) in [6.07, 6.45) is 3.69. The molecule has 0 spiro atoms. The van der Waals surface area contributed by atoms with Crippen molar-refractivity contribution in [3.05, 3.63) is 48.3 Å². The van der Waals surface area contributed by atoms with Gasteiger partial charge in [-0.05, 0) is 37.6 Å². The van der Waals surface area contributed by atoms with Crippen LogP contribution in [0.3, 0.4) is 0 Å². The number of benzene rings is 1. The van der Waals surface area contributed by atoms with Crippen molar-refractivity contribution in [2.24, 2.45) is 4.99 Å². The van der Waals surface area contributed by atoms with Crippen LogP contribution >= 0.6 is 24.0 Å². The summed E-state index contributed by atoms with van der Waals surface area (Å²) in [5.41, 5.74) is 2.14. The highest BCUT2D eigenvalue weighted by Gasteiger charge is 2.27. The minimum Gasteiger partial charge on any atom is -0.378 e. The van der Waals surface area contributed by atoms with Crippen LogP contribution in [0.5, 0.6) is 0 Å². The molecular weight excluding hydrogens is 543 g/mol. The quantitative estimate of drug-likeness (QED) is 0.294. The van der Waals surface area contributed by atoms with Crippen LogP contribution in [0.25, 0.3) is 5.69 Å². The van der Waals surface area contributed by atoms with Gasteiger partial charge in [0.05, 0.1) is 24.2 Å². The summed E-state index contributed by atoms with van der Waals surface area (Å²) in [5, 5.41) is 7.61. The number of piperazine rings is 1. The van der Waals surface area contributed by atoms with Crippen LogP contribution in [0, 0.1) is 0 Å². The lowest BCUT2D eigenvalue weighted by molar-refractivity contribution is 0.0904. The minimum absolute atomic E-state index is 0. The molecule has 0 atom stereocenters. The van der Waals surface area contributed by atoms with Crippen LogP contribution < -0.4 is 5.32 Å². The molecule has 3 rings (SSSR count). The predicted octanol–water partition coefficient (Wildman–Crippen LogP) is 1.94. The highest BCUT2D eigenvalue weighted by molar-refractivity contribution is 14.0. The number of ether oxygens (including phenoxy) is 1. The van der Waals surface area contributed by atoms with Gasteiger partial charge in [-0.15, -0.1) is 24.0 Å². The van der Waals surface area contributed by atoms with E-state index in [0.717, 1.165) is 17.2 Å². The highest BCUT2D eigenvalue weighted by atomic mass is 127. The van der Waals surface area contributed by atoms with Gasteiger partial charge >= 0.3 is 0 Å². The van der Waals surface area contributed by atoms with Crippen LogP contribution in [-0.4, -0.2) is 85.1 Å². The molecule has 9 nitrogen and oxygen atoms in total. The van der Waals surface area contributed by atoms with Gasteiger partial charge < -0.3 is 15.0 Å². The fourth-order valence-electron chi connectivity index (χ4n) is 3.40. The Labute approximate surface area is 207 Å². The van der Waals surface area contributed by atoms with Crippen LogP contribution in [0.15, 0.2) is 47.7 Å². The Bertz CT molecular complexity index is 940. The Hall–Kier alpha value is -1.70. The van der Waals surface area contributed by atoms with Crippen LogP contribution in [-0.2, 0) is 21.3 Å². The van der Waals surface area contributed by atoms with E-state index in [1.165, 1.54) is 0 Å². The van der Waals surface area contributed by atoms with E-state index in [-0.39, 0.29) is 42.4 Å². The second-order valence-electron chi connectivity index (χ2n) is 7.64. The summed E-state index contributed by atoms with van der Waals surface area (Å²) in [6.45, 7) is 6.76. The monoisotopic (exact) mass is 576 g/mol. The summed E-state index contributed by atoms with van der Waals surface area (Å²) in [5.74, 6) is 0.795. The summed E-state index contributed by atoms with van der Waals surface area (Å²) >= 11 is 0. The molecule has 1 saturated heterocycles. The minimum atomic E-state index is -3.30. The number of nitrogens with one attached hydrogen (secondary N) is 1. The number of nitrogens with zero attached hydrogens (tertiary/aromatic N) is 5. The first kappa shape index (κ1) is 26.6. The number of guanidine groups is 1. The lowest BCUT2D eigenvalue weighted by Gasteiger charge is -2.35.